The third-order valence-electron chi connectivity index (χ3n) is 4.41. The van der Waals surface area contributed by atoms with Gasteiger partial charge in [-0.15, -0.1) is 0 Å². The van der Waals surface area contributed by atoms with Crippen molar-refractivity contribution in [2.45, 2.75) is 6.54 Å². The molecule has 0 spiro atoms. The van der Waals surface area contributed by atoms with Crippen LogP contribution in [0.4, 0.5) is 13.2 Å². The molecule has 27 heavy (non-hydrogen) atoms. The highest BCUT2D eigenvalue weighted by atomic mass is 35.5. The second-order valence-corrected chi connectivity index (χ2v) is 6.54. The molecule has 0 saturated carbocycles. The van der Waals surface area contributed by atoms with Crippen LogP contribution in [0, 0.1) is 23.5 Å². The molecule has 0 unspecified atom stereocenters. The van der Waals surface area contributed by atoms with E-state index in [4.69, 9.17) is 17.3 Å². The van der Waals surface area contributed by atoms with E-state index in [9.17, 15) is 18.0 Å². The van der Waals surface area contributed by atoms with E-state index in [-0.39, 0.29) is 12.1 Å². The van der Waals surface area contributed by atoms with Crippen molar-refractivity contribution in [3.63, 3.8) is 0 Å². The molecular formula is C20H11ClF3N2O. The average molecular weight is 388 g/mol. The van der Waals surface area contributed by atoms with Crippen LogP contribution >= 0.6 is 11.6 Å². The molecule has 0 atom stereocenters. The predicted molar refractivity (Wildman–Crippen MR) is 97.2 cm³/mol. The van der Waals surface area contributed by atoms with Gasteiger partial charge in [0.25, 0.3) is 0 Å². The molecule has 4 rings (SSSR count). The molecule has 0 fully saturated rings. The third kappa shape index (κ3) is 2.82. The molecule has 1 radical (unpaired) electrons. The van der Waals surface area contributed by atoms with Gasteiger partial charge in [0, 0.05) is 27.9 Å². The summed E-state index contributed by atoms with van der Waals surface area (Å²) in [5, 5.41) is 1.58. The van der Waals surface area contributed by atoms with Crippen molar-refractivity contribution in [2.24, 2.45) is 5.73 Å². The van der Waals surface area contributed by atoms with Gasteiger partial charge >= 0.3 is 0 Å². The molecule has 0 aliphatic carbocycles. The zero-order chi connectivity index (χ0) is 19.3. The average Bonchev–Trinajstić information content (AvgIpc) is 2.92. The number of nitrogens with two attached hydrogens (primary N) is 1. The molecule has 0 aliphatic rings. The Bertz CT molecular complexity index is 1210. The summed E-state index contributed by atoms with van der Waals surface area (Å²) in [6.07, 6.45) is 0. The first-order valence-electron chi connectivity index (χ1n) is 7.92. The smallest absolute Gasteiger partial charge is 0.249 e. The number of hydrogen-bond donors (Lipinski definition) is 1. The highest BCUT2D eigenvalue weighted by Gasteiger charge is 2.18. The maximum absolute atomic E-state index is 13.6. The van der Waals surface area contributed by atoms with Gasteiger partial charge in [-0.3, -0.25) is 4.79 Å². The number of benzene rings is 3. The number of hydrogen-bond acceptors (Lipinski definition) is 1. The Balaban J connectivity index is 2.03. The van der Waals surface area contributed by atoms with Gasteiger partial charge in [-0.25, -0.2) is 13.2 Å². The zero-order valence-corrected chi connectivity index (χ0v) is 14.4. The van der Waals surface area contributed by atoms with Gasteiger partial charge in [0.15, 0.2) is 17.5 Å². The van der Waals surface area contributed by atoms with Crippen molar-refractivity contribution < 1.29 is 18.0 Å². The number of fused-ring (bicyclic) bond motifs is 3. The number of carbonyl (C=O) groups is 1. The predicted octanol–water partition coefficient (Wildman–Crippen LogP) is 4.81. The molecule has 0 saturated heterocycles. The Hall–Kier alpha value is -2.99. The minimum absolute atomic E-state index is 0.0323. The molecule has 7 heteroatoms. The van der Waals surface area contributed by atoms with Crippen LogP contribution in [0.3, 0.4) is 0 Å². The van der Waals surface area contributed by atoms with E-state index in [2.05, 4.69) is 6.07 Å². The first kappa shape index (κ1) is 17.4. The van der Waals surface area contributed by atoms with Crippen LogP contribution in [-0.4, -0.2) is 10.5 Å². The molecule has 3 aromatic carbocycles. The van der Waals surface area contributed by atoms with Crippen LogP contribution in [0.2, 0.25) is 5.02 Å². The highest BCUT2D eigenvalue weighted by Crippen LogP contribution is 2.33. The Morgan fingerprint density at radius 1 is 1.11 bits per heavy atom. The Morgan fingerprint density at radius 3 is 2.48 bits per heavy atom. The minimum atomic E-state index is -1.52. The zero-order valence-electron chi connectivity index (χ0n) is 13.7. The maximum Gasteiger partial charge on any atom is 0.249 e. The summed E-state index contributed by atoms with van der Waals surface area (Å²) in [7, 11) is 0. The van der Waals surface area contributed by atoms with Crippen molar-refractivity contribution in [1.82, 2.24) is 4.57 Å². The summed E-state index contributed by atoms with van der Waals surface area (Å²) in [6.45, 7) is 0.0323. The van der Waals surface area contributed by atoms with E-state index in [0.717, 1.165) is 12.1 Å². The molecule has 1 heterocycles. The summed E-state index contributed by atoms with van der Waals surface area (Å²) in [4.78, 5) is 11.9. The monoisotopic (exact) mass is 387 g/mol. The lowest BCUT2D eigenvalue weighted by Gasteiger charge is -2.09. The van der Waals surface area contributed by atoms with E-state index >= 15 is 0 Å². The molecule has 0 aliphatic heterocycles. The highest BCUT2D eigenvalue weighted by molar-refractivity contribution is 6.31. The first-order valence-corrected chi connectivity index (χ1v) is 8.30. The Labute approximate surface area is 156 Å². The van der Waals surface area contributed by atoms with Gasteiger partial charge in [0.2, 0.25) is 5.91 Å². The van der Waals surface area contributed by atoms with E-state index in [1.165, 1.54) is 0 Å². The standard InChI is InChI=1S/C20H11ClF3N2O/c21-11-4-5-12-17(8-11)26(9-10-6-14(22)19(24)15(23)7-10)16-3-1-2-13(18(12)16)20(25)27/h1-4,6-8H,9H2,(H2,25,27). The van der Waals surface area contributed by atoms with Gasteiger partial charge in [0.1, 0.15) is 0 Å². The molecule has 135 valence electrons. The van der Waals surface area contributed by atoms with E-state index in [0.29, 0.717) is 32.4 Å². The quantitative estimate of drug-likeness (QED) is 0.504. The Kier molecular flexibility index (Phi) is 4.08. The minimum Gasteiger partial charge on any atom is -0.366 e. The van der Waals surface area contributed by atoms with Crippen LogP contribution < -0.4 is 5.73 Å². The number of rotatable bonds is 3. The first-order chi connectivity index (χ1) is 12.9. The summed E-state index contributed by atoms with van der Waals surface area (Å²) in [5.41, 5.74) is 7.23. The molecule has 3 nitrogen and oxygen atoms in total. The van der Waals surface area contributed by atoms with Crippen LogP contribution in [0.15, 0.2) is 42.5 Å². The maximum atomic E-state index is 13.6. The van der Waals surface area contributed by atoms with E-state index in [1.807, 2.05) is 0 Å². The molecule has 0 bridgehead atoms. The van der Waals surface area contributed by atoms with Crippen molar-refractivity contribution in [3.05, 3.63) is 82.1 Å². The third-order valence-corrected chi connectivity index (χ3v) is 4.63. The number of amides is 1. The van der Waals surface area contributed by atoms with Crippen LogP contribution in [-0.2, 0) is 6.54 Å². The fourth-order valence-electron chi connectivity index (χ4n) is 3.29. The normalized spacial score (nSPS) is 11.4. The topological polar surface area (TPSA) is 48.0 Å². The fourth-order valence-corrected chi connectivity index (χ4v) is 3.45. The summed E-state index contributed by atoms with van der Waals surface area (Å²) in [5.74, 6) is -4.67. The van der Waals surface area contributed by atoms with Crippen LogP contribution in [0.5, 0.6) is 0 Å². The van der Waals surface area contributed by atoms with Gasteiger partial charge in [0.05, 0.1) is 11.0 Å². The number of halogens is 4. The van der Waals surface area contributed by atoms with E-state index < -0.39 is 23.4 Å². The molecular weight excluding hydrogens is 377 g/mol. The van der Waals surface area contributed by atoms with Gasteiger partial charge in [-0.2, -0.15) is 0 Å². The number of nitrogens with zero attached hydrogens (tertiary/aromatic N) is 1. The second kappa shape index (κ2) is 6.32. The molecule has 4 aromatic rings. The van der Waals surface area contributed by atoms with E-state index in [1.54, 1.807) is 34.9 Å². The molecule has 1 aromatic heterocycles. The lowest BCUT2D eigenvalue weighted by Crippen LogP contribution is -2.11. The van der Waals surface area contributed by atoms with Gasteiger partial charge in [-0.1, -0.05) is 17.7 Å². The van der Waals surface area contributed by atoms with Crippen molar-refractivity contribution >= 4 is 39.3 Å². The largest absolute Gasteiger partial charge is 0.366 e. The fraction of sp³-hybridized carbons (Fsp3) is 0.0500. The lowest BCUT2D eigenvalue weighted by atomic mass is 10.1. The lowest BCUT2D eigenvalue weighted by molar-refractivity contribution is 0.100. The van der Waals surface area contributed by atoms with Crippen LogP contribution in [0.1, 0.15) is 15.9 Å². The van der Waals surface area contributed by atoms with Crippen molar-refractivity contribution in [3.8, 4) is 0 Å². The van der Waals surface area contributed by atoms with Crippen molar-refractivity contribution in [1.29, 1.82) is 0 Å². The van der Waals surface area contributed by atoms with Gasteiger partial charge < -0.3 is 10.3 Å². The molecule has 2 N–H and O–H groups in total. The SMILES string of the molecule is NC(=O)c1cccc2c1c1[c]cc(Cl)cc1n2Cc1cc(F)c(F)c(F)c1. The summed E-state index contributed by atoms with van der Waals surface area (Å²) >= 11 is 6.09. The Morgan fingerprint density at radius 2 is 1.81 bits per heavy atom. The van der Waals surface area contributed by atoms with Gasteiger partial charge in [-0.05, 0) is 48.0 Å². The number of primary amides is 1. The van der Waals surface area contributed by atoms with Crippen molar-refractivity contribution in [2.75, 3.05) is 0 Å². The number of carbonyl (C=O) groups excluding carboxylic acids is 1. The summed E-state index contributed by atoms with van der Waals surface area (Å²) in [6, 6.07) is 13.1. The number of aromatic nitrogens is 1. The van der Waals surface area contributed by atoms with Crippen LogP contribution in [0.25, 0.3) is 21.8 Å². The summed E-state index contributed by atoms with van der Waals surface area (Å²) < 4.78 is 42.2. The second-order valence-electron chi connectivity index (χ2n) is 6.10. The molecule has 1 amide bonds.